The van der Waals surface area contributed by atoms with Crippen LogP contribution in [0.25, 0.3) is 0 Å². The van der Waals surface area contributed by atoms with E-state index in [4.69, 9.17) is 9.47 Å². The van der Waals surface area contributed by atoms with E-state index in [1.807, 2.05) is 19.9 Å². The predicted octanol–water partition coefficient (Wildman–Crippen LogP) is 1.79. The molecule has 5 rings (SSSR count). The van der Waals surface area contributed by atoms with Gasteiger partial charge in [0.25, 0.3) is 6.29 Å². The molecule has 5 aliphatic rings. The fraction of sp³-hybridized carbons (Fsp3) is 0.721. The van der Waals surface area contributed by atoms with Crippen LogP contribution in [-0.2, 0) is 47.8 Å². The van der Waals surface area contributed by atoms with Gasteiger partial charge in [-0.2, -0.15) is 0 Å². The van der Waals surface area contributed by atoms with E-state index in [1.54, 1.807) is 33.8 Å². The maximum Gasteiger partial charge on any atom is 0.331 e. The van der Waals surface area contributed by atoms with Gasteiger partial charge >= 0.3 is 11.9 Å². The summed E-state index contributed by atoms with van der Waals surface area (Å²) in [4.78, 5) is 106. The highest BCUT2D eigenvalue weighted by molar-refractivity contribution is 6.01. The zero-order valence-electron chi connectivity index (χ0n) is 35.7. The van der Waals surface area contributed by atoms with Gasteiger partial charge in [-0.15, -0.1) is 0 Å². The molecule has 3 saturated carbocycles. The molecule has 16 nitrogen and oxygen atoms in total. The van der Waals surface area contributed by atoms with Crippen LogP contribution in [0.3, 0.4) is 0 Å². The number of hydrogen-bond acceptors (Lipinski definition) is 12. The van der Waals surface area contributed by atoms with Crippen LogP contribution in [0.4, 0.5) is 0 Å². The second kappa shape index (κ2) is 17.3. The van der Waals surface area contributed by atoms with Crippen molar-refractivity contribution >= 4 is 47.1 Å². The van der Waals surface area contributed by atoms with Gasteiger partial charge in [-0.3, -0.25) is 33.6 Å². The van der Waals surface area contributed by atoms with Crippen molar-refractivity contribution in [3.63, 3.8) is 0 Å². The number of allylic oxidation sites excluding steroid dienone is 4. The van der Waals surface area contributed by atoms with Crippen molar-refractivity contribution in [3.8, 4) is 0 Å². The topological polar surface area (TPSA) is 235 Å². The lowest BCUT2D eigenvalue weighted by molar-refractivity contribution is -0.215. The number of aliphatic hydroxyl groups is 2. The monoisotopic (exact) mass is 826 g/mol. The molecule has 4 unspecified atom stereocenters. The molecular weight excluding hydrogens is 764 g/mol. The Morgan fingerprint density at radius 3 is 2.31 bits per heavy atom. The average Bonchev–Trinajstić information content (AvgIpc) is 3.76. The number of hydrogen-bond donors (Lipinski definition) is 5. The Morgan fingerprint density at radius 1 is 1.00 bits per heavy atom. The summed E-state index contributed by atoms with van der Waals surface area (Å²) in [5, 5.41) is 31.1. The van der Waals surface area contributed by atoms with E-state index in [0.717, 1.165) is 5.57 Å². The molecule has 0 aromatic heterocycles. The smallest absolute Gasteiger partial charge is 0.331 e. The molecule has 4 aliphatic carbocycles. The van der Waals surface area contributed by atoms with Crippen molar-refractivity contribution in [1.29, 1.82) is 0 Å². The Labute approximate surface area is 345 Å². The summed E-state index contributed by atoms with van der Waals surface area (Å²) in [6.07, 6.45) is 3.48. The van der Waals surface area contributed by atoms with Gasteiger partial charge < -0.3 is 40.5 Å². The number of nitrogens with one attached hydrogen (secondary N) is 3. The number of aliphatic hydroxyl groups excluding tert-OH is 2. The van der Waals surface area contributed by atoms with Gasteiger partial charge in [0, 0.05) is 36.6 Å². The fourth-order valence-electron chi connectivity index (χ4n) is 11.1. The predicted molar refractivity (Wildman–Crippen MR) is 211 cm³/mol. The second-order valence-electron chi connectivity index (χ2n) is 18.2. The maximum absolute atomic E-state index is 14.6. The minimum Gasteiger partial charge on any atom is -0.450 e. The van der Waals surface area contributed by atoms with E-state index < -0.39 is 100 Å². The number of ketones is 2. The van der Waals surface area contributed by atoms with Gasteiger partial charge in [0.2, 0.25) is 29.4 Å². The molecule has 0 aromatic carbocycles. The SMILES string of the molecule is CCC(=O)O[C@]1(C(=O)C(O)OC(=O)[C@@H](NC(=O)[C@@H]2CCCN2C(=O)[C@H](C)NC(=O)[C@H](C)NC(C)=O)C(C)C)CCC2C3C[C@H](C)C4=CC(=O)C=C[C@]4(C)C3[C@@H](O)C[C@@]21C. The summed E-state index contributed by atoms with van der Waals surface area (Å²) in [7, 11) is 0. The summed E-state index contributed by atoms with van der Waals surface area (Å²) in [6, 6.07) is -4.29. The second-order valence-corrected chi connectivity index (χ2v) is 18.2. The van der Waals surface area contributed by atoms with Crippen LogP contribution in [0.15, 0.2) is 23.8 Å². The number of nitrogens with zero attached hydrogens (tertiary/aromatic N) is 1. The molecule has 0 spiro atoms. The van der Waals surface area contributed by atoms with Crippen LogP contribution in [-0.4, -0.2) is 111 Å². The number of carbonyl (C=O) groups excluding carboxylic acids is 8. The van der Waals surface area contributed by atoms with Gasteiger partial charge in [0.15, 0.2) is 11.4 Å². The van der Waals surface area contributed by atoms with Crippen LogP contribution >= 0.6 is 0 Å². The zero-order valence-corrected chi connectivity index (χ0v) is 35.7. The van der Waals surface area contributed by atoms with E-state index in [0.29, 0.717) is 19.3 Å². The van der Waals surface area contributed by atoms with Crippen LogP contribution < -0.4 is 16.0 Å². The van der Waals surface area contributed by atoms with Crippen molar-refractivity contribution in [3.05, 3.63) is 23.8 Å². The van der Waals surface area contributed by atoms with Crippen molar-refractivity contribution in [2.45, 2.75) is 149 Å². The Balaban J connectivity index is 1.32. The van der Waals surface area contributed by atoms with Crippen molar-refractivity contribution < 1.29 is 58.0 Å². The molecule has 16 heteroatoms. The van der Waals surface area contributed by atoms with Crippen molar-refractivity contribution in [1.82, 2.24) is 20.9 Å². The summed E-state index contributed by atoms with van der Waals surface area (Å²) < 4.78 is 11.5. The van der Waals surface area contributed by atoms with Gasteiger partial charge in [0.05, 0.1) is 6.10 Å². The highest BCUT2D eigenvalue weighted by Gasteiger charge is 2.72. The van der Waals surface area contributed by atoms with Gasteiger partial charge in [-0.25, -0.2) is 4.79 Å². The molecule has 13 atom stereocenters. The first-order valence-corrected chi connectivity index (χ1v) is 21.0. The number of amides is 4. The molecule has 0 bridgehead atoms. The van der Waals surface area contributed by atoms with E-state index in [1.165, 1.54) is 31.7 Å². The molecule has 59 heavy (non-hydrogen) atoms. The zero-order chi connectivity index (χ0) is 43.9. The van der Waals surface area contributed by atoms with Crippen LogP contribution in [0.1, 0.15) is 107 Å². The minimum atomic E-state index is -2.39. The summed E-state index contributed by atoms with van der Waals surface area (Å²) in [5.41, 5.74) is -2.78. The molecule has 0 aromatic rings. The van der Waals surface area contributed by atoms with E-state index >= 15 is 0 Å². The number of fused-ring (bicyclic) bond motifs is 5. The van der Waals surface area contributed by atoms with Crippen molar-refractivity contribution in [2.24, 2.45) is 40.4 Å². The Kier molecular flexibility index (Phi) is 13.4. The molecule has 1 aliphatic heterocycles. The third-order valence-electron chi connectivity index (χ3n) is 14.0. The van der Waals surface area contributed by atoms with Gasteiger partial charge in [0.1, 0.15) is 24.2 Å². The fourth-order valence-corrected chi connectivity index (χ4v) is 11.1. The van der Waals surface area contributed by atoms with Crippen LogP contribution in [0.5, 0.6) is 0 Å². The lowest BCUT2D eigenvalue weighted by Gasteiger charge is -2.61. The quantitative estimate of drug-likeness (QED) is 0.132. The lowest BCUT2D eigenvalue weighted by atomic mass is 9.44. The standard InChI is InChI=1S/C43H62N4O12/c1-10-32(51)59-43(16-14-28-27-18-22(4)29-19-26(49)13-15-41(29,8)33(27)31(50)20-42(28,43)9)35(52)40(57)58-39(56)34(21(2)3)46-37(54)30-12-11-17-47(30)38(55)24(6)45-36(53)23(5)44-25(7)48/h13,15,19,21-24,27-28,30-31,33-34,40,50,57H,10-12,14,16-18,20H2,1-9H3,(H,44,48)(H,45,53)(H,46,54)/t22-,23-,24-,27?,28?,30-,31-,33?,34-,40?,41-,42-,43-/m0/s1. The van der Waals surface area contributed by atoms with Crippen LogP contribution in [0, 0.1) is 40.4 Å². The molecule has 1 saturated heterocycles. The molecule has 0 radical (unpaired) electrons. The first kappa shape index (κ1) is 45.6. The summed E-state index contributed by atoms with van der Waals surface area (Å²) in [5.74, 6) is -6.44. The van der Waals surface area contributed by atoms with Crippen LogP contribution in [0.2, 0.25) is 0 Å². The van der Waals surface area contributed by atoms with E-state index in [2.05, 4.69) is 16.0 Å². The average molecular weight is 827 g/mol. The van der Waals surface area contributed by atoms with Gasteiger partial charge in [-0.05, 0) is 88.2 Å². The number of rotatable bonds is 13. The highest BCUT2D eigenvalue weighted by Crippen LogP contribution is 2.68. The minimum absolute atomic E-state index is 0.00741. The first-order valence-electron chi connectivity index (χ1n) is 21.0. The summed E-state index contributed by atoms with van der Waals surface area (Å²) in [6.45, 7) is 15.1. The molecule has 5 N–H and O–H groups in total. The number of Topliss-reactive ketones (excluding diaryl/α,β-unsaturated/α-hetero) is 1. The number of carbonyl (C=O) groups is 8. The molecule has 4 fully saturated rings. The maximum atomic E-state index is 14.6. The number of esters is 2. The number of ether oxygens (including phenoxy) is 2. The number of likely N-dealkylation sites (tertiary alicyclic amines) is 1. The van der Waals surface area contributed by atoms with Crippen molar-refractivity contribution in [2.75, 3.05) is 6.54 Å². The third-order valence-corrected chi connectivity index (χ3v) is 14.0. The van der Waals surface area contributed by atoms with E-state index in [9.17, 15) is 48.6 Å². The molecular formula is C43H62N4O12. The Hall–Kier alpha value is -4.44. The third kappa shape index (κ3) is 8.35. The highest BCUT2D eigenvalue weighted by atomic mass is 16.6. The normalized spacial score (nSPS) is 34.2. The Bertz CT molecular complexity index is 1810. The molecule has 1 heterocycles. The Morgan fingerprint density at radius 2 is 1.68 bits per heavy atom. The first-order chi connectivity index (χ1) is 27.5. The summed E-state index contributed by atoms with van der Waals surface area (Å²) >= 11 is 0. The largest absolute Gasteiger partial charge is 0.450 e. The molecule has 326 valence electrons. The molecule has 4 amide bonds. The lowest BCUT2D eigenvalue weighted by Crippen LogP contribution is -2.64. The van der Waals surface area contributed by atoms with E-state index in [-0.39, 0.29) is 61.7 Å². The van der Waals surface area contributed by atoms with Gasteiger partial charge in [-0.1, -0.05) is 53.2 Å².